The third-order valence-electron chi connectivity index (χ3n) is 3.17. The largest absolute Gasteiger partial charge is 0.489 e. The number of hydrogen-bond acceptors (Lipinski definition) is 2. The molecule has 0 amide bonds. The maximum Gasteiger partial charge on any atom is 0.120 e. The van der Waals surface area contributed by atoms with Gasteiger partial charge < -0.3 is 10.1 Å². The summed E-state index contributed by atoms with van der Waals surface area (Å²) >= 11 is 6.11. The van der Waals surface area contributed by atoms with Crippen LogP contribution in [0, 0.1) is 13.8 Å². The molecule has 0 aromatic heterocycles. The second-order valence-corrected chi connectivity index (χ2v) is 5.45. The van der Waals surface area contributed by atoms with Crippen LogP contribution in [0.15, 0.2) is 42.5 Å². The molecule has 0 fully saturated rings. The lowest BCUT2D eigenvalue weighted by Crippen LogP contribution is -2.23. The van der Waals surface area contributed by atoms with Gasteiger partial charge in [0.1, 0.15) is 11.9 Å². The van der Waals surface area contributed by atoms with Crippen LogP contribution in [0.4, 0.5) is 5.69 Å². The molecule has 2 nitrogen and oxygen atoms in total. The quantitative estimate of drug-likeness (QED) is 0.851. The molecule has 0 radical (unpaired) electrons. The van der Waals surface area contributed by atoms with Gasteiger partial charge in [-0.15, -0.1) is 0 Å². The molecule has 2 aromatic rings. The minimum Gasteiger partial charge on any atom is -0.489 e. The second kappa shape index (κ2) is 6.67. The Morgan fingerprint density at radius 3 is 2.65 bits per heavy atom. The molecule has 0 aliphatic rings. The maximum absolute atomic E-state index is 6.11. The van der Waals surface area contributed by atoms with Crippen molar-refractivity contribution >= 4 is 17.3 Å². The van der Waals surface area contributed by atoms with Gasteiger partial charge in [0.25, 0.3) is 0 Å². The molecule has 1 atom stereocenters. The van der Waals surface area contributed by atoms with Crippen molar-refractivity contribution in [3.8, 4) is 5.75 Å². The van der Waals surface area contributed by atoms with Crippen LogP contribution >= 0.6 is 11.6 Å². The van der Waals surface area contributed by atoms with Crippen LogP contribution in [0.25, 0.3) is 0 Å². The van der Waals surface area contributed by atoms with E-state index in [-0.39, 0.29) is 6.10 Å². The van der Waals surface area contributed by atoms with E-state index in [4.69, 9.17) is 16.3 Å². The normalized spacial score (nSPS) is 12.0. The molecule has 0 unspecified atom stereocenters. The summed E-state index contributed by atoms with van der Waals surface area (Å²) in [5.41, 5.74) is 3.32. The van der Waals surface area contributed by atoms with E-state index in [2.05, 4.69) is 25.2 Å². The van der Waals surface area contributed by atoms with Crippen molar-refractivity contribution in [1.29, 1.82) is 0 Å². The van der Waals surface area contributed by atoms with E-state index in [9.17, 15) is 0 Å². The zero-order valence-corrected chi connectivity index (χ0v) is 12.9. The molecular formula is C17H20ClNO. The first-order valence-corrected chi connectivity index (χ1v) is 7.16. The lowest BCUT2D eigenvalue weighted by molar-refractivity contribution is 0.234. The molecule has 2 aromatic carbocycles. The monoisotopic (exact) mass is 289 g/mol. The summed E-state index contributed by atoms with van der Waals surface area (Å²) in [5, 5.41) is 4.16. The van der Waals surface area contributed by atoms with Crippen LogP contribution in [-0.4, -0.2) is 12.6 Å². The summed E-state index contributed by atoms with van der Waals surface area (Å²) in [7, 11) is 0. The Bertz CT molecular complexity index is 583. The zero-order chi connectivity index (χ0) is 14.5. The van der Waals surface area contributed by atoms with Gasteiger partial charge in [-0.1, -0.05) is 29.8 Å². The number of ether oxygens (including phenoxy) is 1. The predicted molar refractivity (Wildman–Crippen MR) is 85.9 cm³/mol. The maximum atomic E-state index is 6.11. The summed E-state index contributed by atoms with van der Waals surface area (Å²) in [4.78, 5) is 0. The Labute approximate surface area is 125 Å². The number of anilines is 1. The number of benzene rings is 2. The molecule has 0 heterocycles. The van der Waals surface area contributed by atoms with Crippen LogP contribution in [-0.2, 0) is 0 Å². The van der Waals surface area contributed by atoms with Gasteiger partial charge in [-0.3, -0.25) is 0 Å². The van der Waals surface area contributed by atoms with Crippen molar-refractivity contribution in [1.82, 2.24) is 0 Å². The summed E-state index contributed by atoms with van der Waals surface area (Å²) < 4.78 is 5.89. The van der Waals surface area contributed by atoms with Crippen LogP contribution in [0.5, 0.6) is 5.75 Å². The Kier molecular flexibility index (Phi) is 4.91. The smallest absolute Gasteiger partial charge is 0.120 e. The first-order valence-electron chi connectivity index (χ1n) is 6.78. The molecule has 20 heavy (non-hydrogen) atoms. The second-order valence-electron chi connectivity index (χ2n) is 5.04. The van der Waals surface area contributed by atoms with Gasteiger partial charge in [0.15, 0.2) is 0 Å². The Morgan fingerprint density at radius 1 is 1.15 bits per heavy atom. The van der Waals surface area contributed by atoms with E-state index < -0.39 is 0 Å². The van der Waals surface area contributed by atoms with E-state index in [0.29, 0.717) is 0 Å². The van der Waals surface area contributed by atoms with Crippen molar-refractivity contribution in [2.45, 2.75) is 26.9 Å². The van der Waals surface area contributed by atoms with E-state index in [1.807, 2.05) is 43.3 Å². The van der Waals surface area contributed by atoms with Gasteiger partial charge in [0.2, 0.25) is 0 Å². The molecule has 0 bridgehead atoms. The predicted octanol–water partition coefficient (Wildman–Crippen LogP) is 4.84. The van der Waals surface area contributed by atoms with Crippen molar-refractivity contribution in [2.24, 2.45) is 0 Å². The zero-order valence-electron chi connectivity index (χ0n) is 12.1. The van der Waals surface area contributed by atoms with Gasteiger partial charge in [-0.2, -0.15) is 0 Å². The lowest BCUT2D eigenvalue weighted by atomic mass is 10.2. The van der Waals surface area contributed by atoms with Crippen LogP contribution in [0.1, 0.15) is 18.1 Å². The van der Waals surface area contributed by atoms with Gasteiger partial charge in [0, 0.05) is 10.7 Å². The number of rotatable bonds is 5. The fourth-order valence-electron chi connectivity index (χ4n) is 2.02. The van der Waals surface area contributed by atoms with Gasteiger partial charge in [-0.05, 0) is 56.2 Å². The molecule has 0 saturated carbocycles. The van der Waals surface area contributed by atoms with Crippen molar-refractivity contribution in [3.05, 3.63) is 58.6 Å². The molecule has 0 spiro atoms. The van der Waals surface area contributed by atoms with E-state index in [0.717, 1.165) is 28.6 Å². The SMILES string of the molecule is Cc1cccc(O[C@H](C)CNc2cccc(Cl)c2C)c1. The number of halogens is 1. The molecule has 1 N–H and O–H groups in total. The number of aryl methyl sites for hydroxylation is 1. The molecule has 0 aliphatic carbocycles. The van der Waals surface area contributed by atoms with E-state index >= 15 is 0 Å². The van der Waals surface area contributed by atoms with Crippen LogP contribution < -0.4 is 10.1 Å². The molecule has 3 heteroatoms. The van der Waals surface area contributed by atoms with Gasteiger partial charge in [0.05, 0.1) is 6.54 Å². The molecule has 0 saturated heterocycles. The first-order chi connectivity index (χ1) is 9.56. The first kappa shape index (κ1) is 14.7. The van der Waals surface area contributed by atoms with E-state index in [1.54, 1.807) is 0 Å². The summed E-state index contributed by atoms with van der Waals surface area (Å²) in [6.45, 7) is 6.85. The average molecular weight is 290 g/mol. The highest BCUT2D eigenvalue weighted by Crippen LogP contribution is 2.23. The lowest BCUT2D eigenvalue weighted by Gasteiger charge is -2.17. The molecule has 2 rings (SSSR count). The minimum absolute atomic E-state index is 0.0789. The van der Waals surface area contributed by atoms with Crippen molar-refractivity contribution in [2.75, 3.05) is 11.9 Å². The topological polar surface area (TPSA) is 21.3 Å². The van der Waals surface area contributed by atoms with Crippen LogP contribution in [0.3, 0.4) is 0 Å². The molecule has 106 valence electrons. The highest BCUT2D eigenvalue weighted by Gasteiger charge is 2.06. The highest BCUT2D eigenvalue weighted by molar-refractivity contribution is 6.31. The summed E-state index contributed by atoms with van der Waals surface area (Å²) in [6.07, 6.45) is 0.0789. The van der Waals surface area contributed by atoms with Crippen LogP contribution in [0.2, 0.25) is 5.02 Å². The van der Waals surface area contributed by atoms with E-state index in [1.165, 1.54) is 5.56 Å². The summed E-state index contributed by atoms with van der Waals surface area (Å²) in [5.74, 6) is 0.905. The highest BCUT2D eigenvalue weighted by atomic mass is 35.5. The summed E-state index contributed by atoms with van der Waals surface area (Å²) in [6, 6.07) is 14.0. The average Bonchev–Trinajstić information content (AvgIpc) is 2.40. The third kappa shape index (κ3) is 3.91. The van der Waals surface area contributed by atoms with Crippen molar-refractivity contribution < 1.29 is 4.74 Å². The third-order valence-corrected chi connectivity index (χ3v) is 3.58. The van der Waals surface area contributed by atoms with Gasteiger partial charge in [-0.25, -0.2) is 0 Å². The van der Waals surface area contributed by atoms with Crippen molar-refractivity contribution in [3.63, 3.8) is 0 Å². The Morgan fingerprint density at radius 2 is 1.90 bits per heavy atom. The Hall–Kier alpha value is -1.67. The van der Waals surface area contributed by atoms with Gasteiger partial charge >= 0.3 is 0 Å². The standard InChI is InChI=1S/C17H20ClNO/c1-12-6-4-7-15(10-12)20-13(2)11-19-17-9-5-8-16(18)14(17)3/h4-10,13,19H,11H2,1-3H3/t13-/m1/s1. The molecule has 0 aliphatic heterocycles. The fourth-order valence-corrected chi connectivity index (χ4v) is 2.19. The Balaban J connectivity index is 1.92. The number of hydrogen-bond donors (Lipinski definition) is 1. The fraction of sp³-hybridized carbons (Fsp3) is 0.294. The number of nitrogens with one attached hydrogen (secondary N) is 1. The minimum atomic E-state index is 0.0789. The molecular weight excluding hydrogens is 270 g/mol.